The average Bonchev–Trinajstić information content (AvgIpc) is 2.54. The summed E-state index contributed by atoms with van der Waals surface area (Å²) in [5.74, 6) is 7.61. The molecule has 4 heteroatoms. The number of aromatic nitrogens is 1. The molecule has 1 aromatic carbocycles. The summed E-state index contributed by atoms with van der Waals surface area (Å²) in [6.07, 6.45) is 1.66. The molecular weight excluding hydrogens is 300 g/mol. The molecule has 0 saturated carbocycles. The van der Waals surface area contributed by atoms with Crippen LogP contribution in [0, 0.1) is 11.8 Å². The maximum Gasteiger partial charge on any atom is 0.219 e. The van der Waals surface area contributed by atoms with Gasteiger partial charge in [0.2, 0.25) is 11.8 Å². The summed E-state index contributed by atoms with van der Waals surface area (Å²) >= 11 is 0. The molecule has 1 atom stereocenters. The molecule has 2 rings (SSSR count). The van der Waals surface area contributed by atoms with Gasteiger partial charge in [-0.1, -0.05) is 37.8 Å². The summed E-state index contributed by atoms with van der Waals surface area (Å²) in [7, 11) is 0. The van der Waals surface area contributed by atoms with Crippen molar-refractivity contribution in [3.05, 3.63) is 53.7 Å². The van der Waals surface area contributed by atoms with Crippen LogP contribution in [-0.4, -0.2) is 16.9 Å². The number of carbonyl (C=O) groups excluding carboxylic acids is 1. The van der Waals surface area contributed by atoms with Gasteiger partial charge in [-0.3, -0.25) is 4.79 Å². The second-order valence-corrected chi connectivity index (χ2v) is 5.90. The fraction of sp³-hybridized carbons (Fsp3) is 0.300. The number of hydrogen-bond acceptors (Lipinski definition) is 3. The molecule has 1 heterocycles. The number of benzene rings is 1. The summed E-state index contributed by atoms with van der Waals surface area (Å²) in [5, 5.41) is 2.71. The Balaban J connectivity index is 1.99. The number of hydrogen-bond donors (Lipinski definition) is 1. The Morgan fingerprint density at radius 3 is 2.38 bits per heavy atom. The molecule has 4 nitrogen and oxygen atoms in total. The predicted octanol–water partition coefficient (Wildman–Crippen LogP) is 3.87. The van der Waals surface area contributed by atoms with E-state index in [9.17, 15) is 4.79 Å². The molecular formula is C20H22N2O2. The van der Waals surface area contributed by atoms with Gasteiger partial charge in [-0.25, -0.2) is 4.98 Å². The van der Waals surface area contributed by atoms with Crippen LogP contribution in [0.25, 0.3) is 0 Å². The molecule has 0 aliphatic carbocycles. The molecule has 1 unspecified atom stereocenters. The minimum absolute atomic E-state index is 0.0952. The van der Waals surface area contributed by atoms with E-state index in [4.69, 9.17) is 4.74 Å². The molecule has 124 valence electrons. The highest BCUT2D eigenvalue weighted by atomic mass is 16.5. The third-order valence-corrected chi connectivity index (χ3v) is 3.36. The molecule has 0 bridgehead atoms. The Morgan fingerprint density at radius 2 is 1.83 bits per heavy atom. The molecule has 2 aromatic rings. The van der Waals surface area contributed by atoms with Gasteiger partial charge >= 0.3 is 0 Å². The van der Waals surface area contributed by atoms with Gasteiger partial charge in [-0.05, 0) is 36.6 Å². The Kier molecular flexibility index (Phi) is 5.97. The Morgan fingerprint density at radius 1 is 1.12 bits per heavy atom. The number of pyridine rings is 1. The maximum atomic E-state index is 10.9. The highest BCUT2D eigenvalue weighted by Gasteiger charge is 2.02. The Labute approximate surface area is 143 Å². The van der Waals surface area contributed by atoms with E-state index in [2.05, 4.69) is 48.1 Å². The summed E-state index contributed by atoms with van der Waals surface area (Å²) in [5.41, 5.74) is 2.05. The van der Waals surface area contributed by atoms with Crippen LogP contribution in [-0.2, 0) is 4.79 Å². The van der Waals surface area contributed by atoms with Crippen LogP contribution < -0.4 is 10.1 Å². The fourth-order valence-electron chi connectivity index (χ4n) is 2.09. The first kappa shape index (κ1) is 17.6. The summed E-state index contributed by atoms with van der Waals surface area (Å²) < 4.78 is 5.73. The SMILES string of the molecule is CC(=O)NC(C)C#Cc1ccc(Oc2ccc(C(C)C)cc2)nc1. The Hall–Kier alpha value is -2.80. The smallest absolute Gasteiger partial charge is 0.219 e. The lowest BCUT2D eigenvalue weighted by atomic mass is 10.0. The zero-order valence-electron chi connectivity index (χ0n) is 14.5. The molecule has 0 aliphatic rings. The number of nitrogens with one attached hydrogen (secondary N) is 1. The molecule has 1 aromatic heterocycles. The lowest BCUT2D eigenvalue weighted by Gasteiger charge is -2.08. The van der Waals surface area contributed by atoms with Crippen molar-refractivity contribution in [2.45, 2.75) is 39.7 Å². The van der Waals surface area contributed by atoms with Crippen LogP contribution in [0.2, 0.25) is 0 Å². The third kappa shape index (κ3) is 5.44. The van der Waals surface area contributed by atoms with Gasteiger partial charge in [-0.2, -0.15) is 0 Å². The monoisotopic (exact) mass is 322 g/mol. The number of nitrogens with zero attached hydrogens (tertiary/aromatic N) is 1. The number of rotatable bonds is 4. The second-order valence-electron chi connectivity index (χ2n) is 5.90. The van der Waals surface area contributed by atoms with Crippen LogP contribution in [0.3, 0.4) is 0 Å². The first-order valence-corrected chi connectivity index (χ1v) is 7.96. The summed E-state index contributed by atoms with van der Waals surface area (Å²) in [6, 6.07) is 11.4. The zero-order valence-corrected chi connectivity index (χ0v) is 14.5. The molecule has 0 fully saturated rings. The summed E-state index contributed by atoms with van der Waals surface area (Å²) in [4.78, 5) is 15.2. The molecule has 0 aliphatic heterocycles. The molecule has 1 amide bonds. The van der Waals surface area contributed by atoms with Gasteiger partial charge in [0, 0.05) is 24.8 Å². The molecule has 0 saturated heterocycles. The van der Waals surface area contributed by atoms with E-state index >= 15 is 0 Å². The van der Waals surface area contributed by atoms with E-state index in [1.54, 1.807) is 12.3 Å². The quantitative estimate of drug-likeness (QED) is 0.869. The van der Waals surface area contributed by atoms with E-state index in [1.165, 1.54) is 12.5 Å². The minimum atomic E-state index is -0.196. The number of ether oxygens (including phenoxy) is 1. The number of amides is 1. The van der Waals surface area contributed by atoms with E-state index in [-0.39, 0.29) is 11.9 Å². The van der Waals surface area contributed by atoms with Gasteiger partial charge in [0.05, 0.1) is 6.04 Å². The first-order chi connectivity index (χ1) is 11.4. The molecule has 24 heavy (non-hydrogen) atoms. The Bertz CT molecular complexity index is 738. The maximum absolute atomic E-state index is 10.9. The van der Waals surface area contributed by atoms with Crippen molar-refractivity contribution >= 4 is 5.91 Å². The second kappa shape index (κ2) is 8.16. The van der Waals surface area contributed by atoms with Crippen LogP contribution in [0.15, 0.2) is 42.6 Å². The van der Waals surface area contributed by atoms with E-state index in [0.29, 0.717) is 11.8 Å². The van der Waals surface area contributed by atoms with E-state index in [1.807, 2.05) is 25.1 Å². The highest BCUT2D eigenvalue weighted by Crippen LogP contribution is 2.22. The average molecular weight is 322 g/mol. The van der Waals surface area contributed by atoms with Crippen molar-refractivity contribution < 1.29 is 9.53 Å². The van der Waals surface area contributed by atoms with Gasteiger partial charge < -0.3 is 10.1 Å². The van der Waals surface area contributed by atoms with E-state index in [0.717, 1.165) is 11.3 Å². The minimum Gasteiger partial charge on any atom is -0.439 e. The van der Waals surface area contributed by atoms with Crippen molar-refractivity contribution in [2.75, 3.05) is 0 Å². The van der Waals surface area contributed by atoms with Crippen molar-refractivity contribution in [1.82, 2.24) is 10.3 Å². The predicted molar refractivity (Wildman–Crippen MR) is 95.0 cm³/mol. The standard InChI is InChI=1S/C20H22N2O2/c1-14(2)18-8-10-19(11-9-18)24-20-12-7-17(13-21-20)6-5-15(3)22-16(4)23/h7-15H,1-4H3,(H,22,23). The zero-order chi connectivity index (χ0) is 17.5. The van der Waals surface area contributed by atoms with Gasteiger partial charge in [-0.15, -0.1) is 0 Å². The summed E-state index contributed by atoms with van der Waals surface area (Å²) in [6.45, 7) is 7.62. The third-order valence-electron chi connectivity index (χ3n) is 3.36. The lowest BCUT2D eigenvalue weighted by molar-refractivity contribution is -0.119. The topological polar surface area (TPSA) is 51.2 Å². The largest absolute Gasteiger partial charge is 0.439 e. The van der Waals surface area contributed by atoms with Crippen molar-refractivity contribution in [2.24, 2.45) is 0 Å². The van der Waals surface area contributed by atoms with Gasteiger partial charge in [0.25, 0.3) is 0 Å². The van der Waals surface area contributed by atoms with Crippen LogP contribution in [0.5, 0.6) is 11.6 Å². The lowest BCUT2D eigenvalue weighted by Crippen LogP contribution is -2.28. The van der Waals surface area contributed by atoms with Crippen LogP contribution in [0.1, 0.15) is 44.7 Å². The van der Waals surface area contributed by atoms with Crippen molar-refractivity contribution in [3.63, 3.8) is 0 Å². The highest BCUT2D eigenvalue weighted by molar-refractivity contribution is 5.73. The van der Waals surface area contributed by atoms with Gasteiger partial charge in [0.1, 0.15) is 5.75 Å². The number of carbonyl (C=O) groups is 1. The van der Waals surface area contributed by atoms with Crippen molar-refractivity contribution in [1.29, 1.82) is 0 Å². The first-order valence-electron chi connectivity index (χ1n) is 7.96. The molecule has 0 radical (unpaired) electrons. The van der Waals surface area contributed by atoms with E-state index < -0.39 is 0 Å². The molecule has 1 N–H and O–H groups in total. The van der Waals surface area contributed by atoms with Crippen molar-refractivity contribution in [3.8, 4) is 23.5 Å². The van der Waals surface area contributed by atoms with Crippen LogP contribution in [0.4, 0.5) is 0 Å². The normalized spacial score (nSPS) is 11.4. The fourth-order valence-corrected chi connectivity index (χ4v) is 2.09. The molecule has 0 spiro atoms. The van der Waals surface area contributed by atoms with Crippen LogP contribution >= 0.6 is 0 Å². The van der Waals surface area contributed by atoms with Gasteiger partial charge in [0.15, 0.2) is 0 Å².